The summed E-state index contributed by atoms with van der Waals surface area (Å²) in [5.41, 5.74) is 1.96. The molecule has 9 heteroatoms. The minimum absolute atomic E-state index is 0.0964. The van der Waals surface area contributed by atoms with Crippen molar-refractivity contribution in [1.82, 2.24) is 9.88 Å². The number of aryl methyl sites for hydroxylation is 1. The van der Waals surface area contributed by atoms with Crippen molar-refractivity contribution in [2.75, 3.05) is 37.8 Å². The maximum absolute atomic E-state index is 13.0. The Morgan fingerprint density at radius 1 is 1.10 bits per heavy atom. The van der Waals surface area contributed by atoms with Gasteiger partial charge in [-0.15, -0.1) is 0 Å². The second kappa shape index (κ2) is 10.1. The molecule has 0 bridgehead atoms. The molecule has 1 amide bonds. The van der Waals surface area contributed by atoms with Gasteiger partial charge in [-0.1, -0.05) is 35.1 Å². The number of para-hydroxylation sites is 1. The predicted molar refractivity (Wildman–Crippen MR) is 128 cm³/mol. The number of aromatic nitrogens is 1. The molecule has 0 saturated carbocycles. The lowest BCUT2D eigenvalue weighted by Crippen LogP contribution is -2.36. The number of thiazole rings is 1. The van der Waals surface area contributed by atoms with Gasteiger partial charge in [-0.05, 0) is 63.3 Å². The van der Waals surface area contributed by atoms with Gasteiger partial charge in [0.1, 0.15) is 0 Å². The fraction of sp³-hybridized carbons (Fsp3) is 0.364. The summed E-state index contributed by atoms with van der Waals surface area (Å²) in [6, 6.07) is 12.1. The van der Waals surface area contributed by atoms with Gasteiger partial charge < -0.3 is 4.90 Å². The SMILES string of the molecule is Cc1cccc2sc(N(CCN(C)C)C(=O)CCCS(=O)(=O)c3ccc(Cl)cc3)nc12. The first-order chi connectivity index (χ1) is 14.7. The molecule has 0 saturated heterocycles. The van der Waals surface area contributed by atoms with Crippen LogP contribution in [0.5, 0.6) is 0 Å². The quantitative estimate of drug-likeness (QED) is 0.454. The van der Waals surface area contributed by atoms with Crippen molar-refractivity contribution in [3.63, 3.8) is 0 Å². The number of carbonyl (C=O) groups excluding carboxylic acids is 1. The molecular weight excluding hydrogens is 454 g/mol. The molecular formula is C22H26ClN3O3S2. The molecule has 1 heterocycles. The number of carbonyl (C=O) groups is 1. The van der Waals surface area contributed by atoms with E-state index in [0.717, 1.165) is 15.8 Å². The number of hydrogen-bond acceptors (Lipinski definition) is 6. The predicted octanol–water partition coefficient (Wildman–Crippen LogP) is 4.41. The van der Waals surface area contributed by atoms with Crippen LogP contribution in [-0.4, -0.2) is 57.1 Å². The van der Waals surface area contributed by atoms with Crippen molar-refractivity contribution in [3.8, 4) is 0 Å². The van der Waals surface area contributed by atoms with Crippen molar-refractivity contribution >= 4 is 54.0 Å². The summed E-state index contributed by atoms with van der Waals surface area (Å²) >= 11 is 7.32. The Hall–Kier alpha value is -2.00. The summed E-state index contributed by atoms with van der Waals surface area (Å²) in [7, 11) is 0.431. The lowest BCUT2D eigenvalue weighted by Gasteiger charge is -2.22. The summed E-state index contributed by atoms with van der Waals surface area (Å²) in [5.74, 6) is -0.217. The molecule has 0 atom stereocenters. The Balaban J connectivity index is 1.72. The van der Waals surface area contributed by atoms with Gasteiger partial charge >= 0.3 is 0 Å². The van der Waals surface area contributed by atoms with Crippen LogP contribution < -0.4 is 4.90 Å². The third-order valence-corrected chi connectivity index (χ3v) is 8.00. The first-order valence-electron chi connectivity index (χ1n) is 9.97. The van der Waals surface area contributed by atoms with Crippen LogP contribution in [0.2, 0.25) is 5.02 Å². The van der Waals surface area contributed by atoms with Crippen LogP contribution in [0.3, 0.4) is 0 Å². The van der Waals surface area contributed by atoms with Crippen molar-refractivity contribution in [3.05, 3.63) is 53.1 Å². The van der Waals surface area contributed by atoms with Crippen LogP contribution >= 0.6 is 22.9 Å². The Bertz CT molecular complexity index is 1160. The molecule has 6 nitrogen and oxygen atoms in total. The van der Waals surface area contributed by atoms with Gasteiger partial charge in [0.2, 0.25) is 5.91 Å². The van der Waals surface area contributed by atoms with Gasteiger partial charge in [-0.2, -0.15) is 0 Å². The average molecular weight is 480 g/mol. The zero-order valence-electron chi connectivity index (χ0n) is 17.8. The number of fused-ring (bicyclic) bond motifs is 1. The van der Waals surface area contributed by atoms with Crippen LogP contribution in [0.1, 0.15) is 18.4 Å². The number of halogens is 1. The highest BCUT2D eigenvalue weighted by Crippen LogP contribution is 2.31. The summed E-state index contributed by atoms with van der Waals surface area (Å²) in [6.45, 7) is 3.18. The fourth-order valence-electron chi connectivity index (χ4n) is 3.13. The van der Waals surface area contributed by atoms with E-state index in [0.29, 0.717) is 23.2 Å². The average Bonchev–Trinajstić information content (AvgIpc) is 3.13. The van der Waals surface area contributed by atoms with Crippen molar-refractivity contribution < 1.29 is 13.2 Å². The lowest BCUT2D eigenvalue weighted by molar-refractivity contribution is -0.118. The Morgan fingerprint density at radius 2 is 1.81 bits per heavy atom. The normalized spacial score (nSPS) is 11.9. The molecule has 0 aliphatic rings. The molecule has 0 N–H and O–H groups in total. The summed E-state index contributed by atoms with van der Waals surface area (Å²) in [4.78, 5) is 21.6. The van der Waals surface area contributed by atoms with E-state index in [2.05, 4.69) is 0 Å². The lowest BCUT2D eigenvalue weighted by atomic mass is 10.2. The molecule has 3 aromatic rings. The summed E-state index contributed by atoms with van der Waals surface area (Å²) in [5, 5.41) is 1.13. The highest BCUT2D eigenvalue weighted by atomic mass is 35.5. The smallest absolute Gasteiger partial charge is 0.228 e. The molecule has 2 aromatic carbocycles. The van der Waals surface area contributed by atoms with Gasteiger partial charge in [-0.3, -0.25) is 9.69 Å². The van der Waals surface area contributed by atoms with Crippen LogP contribution in [-0.2, 0) is 14.6 Å². The van der Waals surface area contributed by atoms with Gasteiger partial charge in [0, 0.05) is 24.5 Å². The van der Waals surface area contributed by atoms with Gasteiger partial charge in [-0.25, -0.2) is 13.4 Å². The fourth-order valence-corrected chi connectivity index (χ4v) is 5.65. The highest BCUT2D eigenvalue weighted by molar-refractivity contribution is 7.91. The third-order valence-electron chi connectivity index (χ3n) is 4.89. The molecule has 0 aliphatic heterocycles. The molecule has 0 radical (unpaired) electrons. The van der Waals surface area contributed by atoms with E-state index < -0.39 is 9.84 Å². The number of hydrogen-bond donors (Lipinski definition) is 0. The van der Waals surface area contributed by atoms with Gasteiger partial charge in [0.25, 0.3) is 0 Å². The van der Waals surface area contributed by atoms with E-state index >= 15 is 0 Å². The number of sulfone groups is 1. The van der Waals surface area contributed by atoms with Crippen molar-refractivity contribution in [2.24, 2.45) is 0 Å². The maximum Gasteiger partial charge on any atom is 0.228 e. The molecule has 31 heavy (non-hydrogen) atoms. The van der Waals surface area contributed by atoms with Gasteiger partial charge in [0.15, 0.2) is 15.0 Å². The standard InChI is InChI=1S/C22H26ClN3O3S2/c1-16-6-4-7-19-21(16)24-22(30-19)26(14-13-25(2)3)20(27)8-5-15-31(28,29)18-11-9-17(23)10-12-18/h4,6-7,9-12H,5,8,13-15H2,1-3H3. The first kappa shape index (κ1) is 23.7. The summed E-state index contributed by atoms with van der Waals surface area (Å²) in [6.07, 6.45) is 0.376. The van der Waals surface area contributed by atoms with Crippen LogP contribution in [0.4, 0.5) is 5.13 Å². The Labute approximate surface area is 192 Å². The third kappa shape index (κ3) is 6.04. The number of rotatable bonds is 9. The second-order valence-corrected chi connectivity index (χ2v) is 11.2. The number of nitrogens with zero attached hydrogens (tertiary/aromatic N) is 3. The molecule has 3 rings (SSSR count). The van der Waals surface area contributed by atoms with Crippen molar-refractivity contribution in [2.45, 2.75) is 24.7 Å². The molecule has 0 spiro atoms. The highest BCUT2D eigenvalue weighted by Gasteiger charge is 2.22. The van der Waals surface area contributed by atoms with E-state index in [1.165, 1.54) is 23.5 Å². The molecule has 1 aromatic heterocycles. The van der Waals surface area contributed by atoms with E-state index in [1.54, 1.807) is 17.0 Å². The number of likely N-dealkylation sites (N-methyl/N-ethyl adjacent to an activating group) is 1. The monoisotopic (exact) mass is 479 g/mol. The summed E-state index contributed by atoms with van der Waals surface area (Å²) < 4.78 is 26.1. The minimum atomic E-state index is -3.47. The number of benzene rings is 2. The maximum atomic E-state index is 13.0. The molecule has 0 fully saturated rings. The van der Waals surface area contributed by atoms with E-state index in [4.69, 9.17) is 16.6 Å². The molecule has 166 valence electrons. The Morgan fingerprint density at radius 3 is 2.45 bits per heavy atom. The van der Waals surface area contributed by atoms with Crippen LogP contribution in [0.15, 0.2) is 47.4 Å². The van der Waals surface area contributed by atoms with Crippen LogP contribution in [0.25, 0.3) is 10.2 Å². The van der Waals surface area contributed by atoms with E-state index in [-0.39, 0.29) is 29.4 Å². The number of amides is 1. The van der Waals surface area contributed by atoms with E-state index in [1.807, 2.05) is 44.1 Å². The van der Waals surface area contributed by atoms with E-state index in [9.17, 15) is 13.2 Å². The molecule has 0 aliphatic carbocycles. The second-order valence-electron chi connectivity index (χ2n) is 7.64. The topological polar surface area (TPSA) is 70.6 Å². The van der Waals surface area contributed by atoms with Crippen LogP contribution in [0, 0.1) is 6.92 Å². The first-order valence-corrected chi connectivity index (χ1v) is 12.8. The molecule has 0 unspecified atom stereocenters. The Kier molecular flexibility index (Phi) is 7.69. The number of anilines is 1. The van der Waals surface area contributed by atoms with Crippen molar-refractivity contribution in [1.29, 1.82) is 0 Å². The minimum Gasteiger partial charge on any atom is -0.308 e. The largest absolute Gasteiger partial charge is 0.308 e. The van der Waals surface area contributed by atoms with Gasteiger partial charge in [0.05, 0.1) is 20.9 Å². The zero-order chi connectivity index (χ0) is 22.6. The zero-order valence-corrected chi connectivity index (χ0v) is 20.2.